The van der Waals surface area contributed by atoms with Crippen LogP contribution < -0.4 is 10.1 Å². The van der Waals surface area contributed by atoms with Crippen molar-refractivity contribution < 1.29 is 23.1 Å². The van der Waals surface area contributed by atoms with Crippen molar-refractivity contribution in [2.24, 2.45) is 0 Å². The topological polar surface area (TPSA) is 58.6 Å². The average molecular weight is 362 g/mol. The third-order valence-corrected chi connectivity index (χ3v) is 3.84. The summed E-state index contributed by atoms with van der Waals surface area (Å²) in [6.45, 7) is 1.76. The molecule has 7 heteroatoms. The highest BCUT2D eigenvalue weighted by Gasteiger charge is 2.16. The fourth-order valence-corrected chi connectivity index (χ4v) is 2.44. The van der Waals surface area contributed by atoms with Crippen LogP contribution in [0.15, 0.2) is 42.5 Å². The molecule has 0 heterocycles. The van der Waals surface area contributed by atoms with Crippen LogP contribution in [0.5, 0.6) is 5.75 Å². The Balaban J connectivity index is 2.00. The Hall–Kier alpha value is -2.96. The van der Waals surface area contributed by atoms with E-state index >= 15 is 0 Å². The van der Waals surface area contributed by atoms with Crippen molar-refractivity contribution in [1.29, 1.82) is 0 Å². The minimum absolute atomic E-state index is 0.0947. The van der Waals surface area contributed by atoms with Crippen LogP contribution in [0.2, 0.25) is 0 Å². The number of ether oxygens (including phenoxy) is 1. The largest absolute Gasteiger partial charge is 0.496 e. The molecule has 0 unspecified atom stereocenters. The summed E-state index contributed by atoms with van der Waals surface area (Å²) in [4.78, 5) is 25.3. The minimum Gasteiger partial charge on any atom is -0.496 e. The number of halogens is 2. The normalized spacial score (nSPS) is 10.3. The number of para-hydroxylation sites is 2. The van der Waals surface area contributed by atoms with Crippen LogP contribution in [0.3, 0.4) is 0 Å². The highest BCUT2D eigenvalue weighted by molar-refractivity contribution is 5.91. The standard InChI is InChI=1S/C19H20F2N2O3/c1-13(24)23(12-14-6-3-4-9-17(14)26-2)11-10-18(25)22-19-15(20)7-5-8-16(19)21/h3-9H,10-12H2,1-2H3,(H,22,25). The molecule has 2 aromatic carbocycles. The van der Waals surface area contributed by atoms with Crippen molar-refractivity contribution in [2.75, 3.05) is 19.0 Å². The summed E-state index contributed by atoms with van der Waals surface area (Å²) in [6, 6.07) is 10.6. The lowest BCUT2D eigenvalue weighted by Crippen LogP contribution is -2.31. The lowest BCUT2D eigenvalue weighted by molar-refractivity contribution is -0.129. The molecule has 26 heavy (non-hydrogen) atoms. The number of carbonyl (C=O) groups is 2. The quantitative estimate of drug-likeness (QED) is 0.822. The number of carbonyl (C=O) groups excluding carboxylic acids is 2. The lowest BCUT2D eigenvalue weighted by atomic mass is 10.2. The molecule has 5 nitrogen and oxygen atoms in total. The summed E-state index contributed by atoms with van der Waals surface area (Å²) >= 11 is 0. The zero-order valence-electron chi connectivity index (χ0n) is 14.6. The maximum atomic E-state index is 13.6. The first kappa shape index (κ1) is 19.4. The van der Waals surface area contributed by atoms with Crippen LogP contribution in [-0.2, 0) is 16.1 Å². The zero-order valence-corrected chi connectivity index (χ0v) is 14.6. The molecule has 0 aromatic heterocycles. The maximum Gasteiger partial charge on any atom is 0.226 e. The average Bonchev–Trinajstić information content (AvgIpc) is 2.62. The van der Waals surface area contributed by atoms with Gasteiger partial charge in [0.15, 0.2) is 0 Å². The molecule has 0 aliphatic heterocycles. The lowest BCUT2D eigenvalue weighted by Gasteiger charge is -2.22. The molecule has 0 saturated heterocycles. The van der Waals surface area contributed by atoms with Crippen molar-refractivity contribution in [1.82, 2.24) is 4.90 Å². The monoisotopic (exact) mass is 362 g/mol. The number of hydrogen-bond donors (Lipinski definition) is 1. The number of hydrogen-bond acceptors (Lipinski definition) is 3. The van der Waals surface area contributed by atoms with E-state index in [4.69, 9.17) is 4.74 Å². The van der Waals surface area contributed by atoms with E-state index in [-0.39, 0.29) is 25.4 Å². The molecule has 0 aliphatic rings. The predicted octanol–water partition coefficient (Wildman–Crippen LogP) is 3.35. The first-order valence-electron chi connectivity index (χ1n) is 8.03. The number of nitrogens with one attached hydrogen (secondary N) is 1. The second-order valence-electron chi connectivity index (χ2n) is 5.65. The molecule has 0 saturated carbocycles. The minimum atomic E-state index is -0.851. The smallest absolute Gasteiger partial charge is 0.226 e. The van der Waals surface area contributed by atoms with Gasteiger partial charge < -0.3 is 15.0 Å². The van der Waals surface area contributed by atoms with Gasteiger partial charge in [-0.15, -0.1) is 0 Å². The van der Waals surface area contributed by atoms with Gasteiger partial charge >= 0.3 is 0 Å². The summed E-state index contributed by atoms with van der Waals surface area (Å²) in [5, 5.41) is 2.21. The summed E-state index contributed by atoms with van der Waals surface area (Å²) in [5.41, 5.74) is 0.308. The van der Waals surface area contributed by atoms with E-state index in [9.17, 15) is 18.4 Å². The molecule has 2 rings (SSSR count). The molecule has 0 fully saturated rings. The van der Waals surface area contributed by atoms with E-state index < -0.39 is 23.2 Å². The molecule has 0 atom stereocenters. The molecule has 2 aromatic rings. The van der Waals surface area contributed by atoms with Crippen LogP contribution in [0.4, 0.5) is 14.5 Å². The molecular weight excluding hydrogens is 342 g/mol. The van der Waals surface area contributed by atoms with E-state index in [1.807, 2.05) is 18.2 Å². The van der Waals surface area contributed by atoms with Gasteiger partial charge in [-0.25, -0.2) is 8.78 Å². The van der Waals surface area contributed by atoms with Gasteiger partial charge in [0.05, 0.1) is 7.11 Å². The van der Waals surface area contributed by atoms with Gasteiger partial charge in [-0.1, -0.05) is 24.3 Å². The SMILES string of the molecule is COc1ccccc1CN(CCC(=O)Nc1c(F)cccc1F)C(C)=O. The third-order valence-electron chi connectivity index (χ3n) is 3.84. The van der Waals surface area contributed by atoms with Gasteiger partial charge in [0.1, 0.15) is 23.1 Å². The van der Waals surface area contributed by atoms with Gasteiger partial charge in [0, 0.05) is 32.0 Å². The van der Waals surface area contributed by atoms with E-state index in [1.54, 1.807) is 6.07 Å². The van der Waals surface area contributed by atoms with Crippen LogP contribution in [-0.4, -0.2) is 30.4 Å². The predicted molar refractivity (Wildman–Crippen MR) is 93.7 cm³/mol. The Morgan fingerprint density at radius 3 is 2.35 bits per heavy atom. The summed E-state index contributed by atoms with van der Waals surface area (Å²) in [7, 11) is 1.54. The van der Waals surface area contributed by atoms with Crippen molar-refractivity contribution >= 4 is 17.5 Å². The number of benzene rings is 2. The second kappa shape index (κ2) is 8.94. The first-order valence-corrected chi connectivity index (χ1v) is 8.03. The molecule has 0 spiro atoms. The van der Waals surface area contributed by atoms with Gasteiger partial charge in [0.25, 0.3) is 0 Å². The van der Waals surface area contributed by atoms with Crippen LogP contribution >= 0.6 is 0 Å². The van der Waals surface area contributed by atoms with Crippen LogP contribution in [0.1, 0.15) is 18.9 Å². The van der Waals surface area contributed by atoms with Crippen LogP contribution in [0.25, 0.3) is 0 Å². The van der Waals surface area contributed by atoms with Crippen molar-refractivity contribution in [3.8, 4) is 5.75 Å². The van der Waals surface area contributed by atoms with Crippen molar-refractivity contribution in [3.63, 3.8) is 0 Å². The Kier molecular flexibility index (Phi) is 6.66. The van der Waals surface area contributed by atoms with Crippen LogP contribution in [0, 0.1) is 11.6 Å². The number of nitrogens with zero attached hydrogens (tertiary/aromatic N) is 1. The van der Waals surface area contributed by atoms with E-state index in [0.717, 1.165) is 17.7 Å². The summed E-state index contributed by atoms with van der Waals surface area (Å²) in [5.74, 6) is -1.87. The van der Waals surface area contributed by atoms with Crippen molar-refractivity contribution in [2.45, 2.75) is 19.9 Å². The van der Waals surface area contributed by atoms with E-state index in [0.29, 0.717) is 5.75 Å². The molecule has 0 radical (unpaired) electrons. The second-order valence-corrected chi connectivity index (χ2v) is 5.65. The van der Waals surface area contributed by atoms with Gasteiger partial charge in [-0.3, -0.25) is 9.59 Å². The van der Waals surface area contributed by atoms with E-state index in [2.05, 4.69) is 5.32 Å². The Morgan fingerprint density at radius 2 is 1.73 bits per heavy atom. The summed E-state index contributed by atoms with van der Waals surface area (Å²) in [6.07, 6.45) is -0.0947. The number of rotatable bonds is 7. The molecule has 2 amide bonds. The van der Waals surface area contributed by atoms with Gasteiger partial charge in [0.2, 0.25) is 11.8 Å². The highest BCUT2D eigenvalue weighted by Crippen LogP contribution is 2.20. The molecule has 0 aliphatic carbocycles. The van der Waals surface area contributed by atoms with Gasteiger partial charge in [-0.2, -0.15) is 0 Å². The number of anilines is 1. The molecule has 138 valence electrons. The Morgan fingerprint density at radius 1 is 1.08 bits per heavy atom. The number of amides is 2. The van der Waals surface area contributed by atoms with E-state index in [1.165, 1.54) is 25.0 Å². The summed E-state index contributed by atoms with van der Waals surface area (Å²) < 4.78 is 32.4. The van der Waals surface area contributed by atoms with Crippen molar-refractivity contribution in [3.05, 3.63) is 59.7 Å². The van der Waals surface area contributed by atoms with Gasteiger partial charge in [-0.05, 0) is 18.2 Å². The fourth-order valence-electron chi connectivity index (χ4n) is 2.44. The third kappa shape index (κ3) is 5.02. The first-order chi connectivity index (χ1) is 12.4. The zero-order chi connectivity index (χ0) is 19.1. The Labute approximate surface area is 150 Å². The molecule has 1 N–H and O–H groups in total. The molecule has 0 bridgehead atoms. The fraction of sp³-hybridized carbons (Fsp3) is 0.263. The number of methoxy groups -OCH3 is 1. The molecular formula is C19H20F2N2O3. The highest BCUT2D eigenvalue weighted by atomic mass is 19.1. The Bertz CT molecular complexity index is 776. The maximum absolute atomic E-state index is 13.6.